The zero-order valence-electron chi connectivity index (χ0n) is 6.62. The van der Waals surface area contributed by atoms with Crippen LogP contribution in [0.2, 0.25) is 0 Å². The third-order valence-corrected chi connectivity index (χ3v) is 2.97. The molecule has 2 rings (SSSR count). The van der Waals surface area contributed by atoms with Gasteiger partial charge in [-0.15, -0.1) is 0 Å². The molecule has 2 heterocycles. The lowest BCUT2D eigenvalue weighted by Crippen LogP contribution is -2.56. The molecule has 0 amide bonds. The second-order valence-corrected chi connectivity index (χ2v) is 3.75. The number of nitrogens with two attached hydrogens (primary N) is 1. The molecule has 2 bridgehead atoms. The van der Waals surface area contributed by atoms with Crippen molar-refractivity contribution >= 4 is 0 Å². The maximum Gasteiger partial charge on any atom is 0.0781 e. The molecular formula is C8H15NO2. The number of aliphatic hydroxyl groups is 1. The van der Waals surface area contributed by atoms with E-state index in [9.17, 15) is 0 Å². The van der Waals surface area contributed by atoms with Crippen LogP contribution >= 0.6 is 0 Å². The number of ether oxygens (including phenoxy) is 1. The van der Waals surface area contributed by atoms with E-state index in [0.29, 0.717) is 6.10 Å². The molecule has 0 aromatic rings. The van der Waals surface area contributed by atoms with E-state index in [4.69, 9.17) is 15.6 Å². The minimum atomic E-state index is -0.437. The molecule has 2 aliphatic heterocycles. The number of hydrogen-bond acceptors (Lipinski definition) is 3. The SMILES string of the molecule is NC1(CO)CCC2CCC1O2. The average molecular weight is 157 g/mol. The molecule has 3 N–H and O–H groups in total. The van der Waals surface area contributed by atoms with Crippen LogP contribution in [0.3, 0.4) is 0 Å². The molecule has 3 unspecified atom stereocenters. The maximum absolute atomic E-state index is 9.07. The van der Waals surface area contributed by atoms with Gasteiger partial charge < -0.3 is 15.6 Å². The normalized spacial score (nSPS) is 49.6. The molecule has 2 fully saturated rings. The van der Waals surface area contributed by atoms with Crippen LogP contribution in [0, 0.1) is 0 Å². The van der Waals surface area contributed by atoms with Gasteiger partial charge >= 0.3 is 0 Å². The molecule has 2 aliphatic rings. The van der Waals surface area contributed by atoms with Crippen LogP contribution in [0.5, 0.6) is 0 Å². The van der Waals surface area contributed by atoms with Crippen molar-refractivity contribution in [3.8, 4) is 0 Å². The van der Waals surface area contributed by atoms with Gasteiger partial charge in [-0.05, 0) is 25.7 Å². The number of fused-ring (bicyclic) bond motifs is 2. The van der Waals surface area contributed by atoms with Gasteiger partial charge in [0.1, 0.15) is 0 Å². The second-order valence-electron chi connectivity index (χ2n) is 3.75. The van der Waals surface area contributed by atoms with Gasteiger partial charge in [0, 0.05) is 0 Å². The summed E-state index contributed by atoms with van der Waals surface area (Å²) >= 11 is 0. The van der Waals surface area contributed by atoms with E-state index < -0.39 is 5.54 Å². The van der Waals surface area contributed by atoms with E-state index in [-0.39, 0.29) is 12.7 Å². The van der Waals surface area contributed by atoms with Crippen LogP contribution < -0.4 is 5.73 Å². The van der Waals surface area contributed by atoms with E-state index in [0.717, 1.165) is 25.7 Å². The first-order valence-electron chi connectivity index (χ1n) is 4.30. The third-order valence-electron chi connectivity index (χ3n) is 2.97. The summed E-state index contributed by atoms with van der Waals surface area (Å²) in [6.45, 7) is 0.0599. The summed E-state index contributed by atoms with van der Waals surface area (Å²) in [5, 5.41) is 9.07. The first-order chi connectivity index (χ1) is 5.24. The fourth-order valence-electron chi connectivity index (χ4n) is 2.11. The third kappa shape index (κ3) is 1.08. The molecule has 0 saturated carbocycles. The first kappa shape index (κ1) is 7.53. The second kappa shape index (κ2) is 2.44. The maximum atomic E-state index is 9.07. The lowest BCUT2D eigenvalue weighted by molar-refractivity contribution is -0.0618. The summed E-state index contributed by atoms with van der Waals surface area (Å²) in [6, 6.07) is 0. The predicted molar refractivity (Wildman–Crippen MR) is 41.1 cm³/mol. The molecule has 64 valence electrons. The average Bonchev–Trinajstić information content (AvgIpc) is 2.44. The van der Waals surface area contributed by atoms with Crippen molar-refractivity contribution in [2.24, 2.45) is 5.73 Å². The molecule has 2 saturated heterocycles. The molecule has 3 atom stereocenters. The highest BCUT2D eigenvalue weighted by molar-refractivity contribution is 5.00. The Kier molecular flexibility index (Phi) is 1.67. The Bertz CT molecular complexity index is 162. The molecule has 0 aromatic carbocycles. The number of aliphatic hydroxyl groups excluding tert-OH is 1. The summed E-state index contributed by atoms with van der Waals surface area (Å²) in [6.07, 6.45) is 4.65. The summed E-state index contributed by atoms with van der Waals surface area (Å²) in [7, 11) is 0. The highest BCUT2D eigenvalue weighted by Gasteiger charge is 2.44. The van der Waals surface area contributed by atoms with Crippen molar-refractivity contribution in [2.75, 3.05) is 6.61 Å². The minimum Gasteiger partial charge on any atom is -0.394 e. The van der Waals surface area contributed by atoms with Gasteiger partial charge in [0.25, 0.3) is 0 Å². The van der Waals surface area contributed by atoms with E-state index >= 15 is 0 Å². The zero-order valence-corrected chi connectivity index (χ0v) is 6.62. The first-order valence-corrected chi connectivity index (χ1v) is 4.30. The molecule has 0 aromatic heterocycles. The van der Waals surface area contributed by atoms with Crippen LogP contribution in [-0.4, -0.2) is 29.5 Å². The van der Waals surface area contributed by atoms with Crippen LogP contribution in [0.25, 0.3) is 0 Å². The highest BCUT2D eigenvalue weighted by Crippen LogP contribution is 2.37. The Hall–Kier alpha value is -0.120. The minimum absolute atomic E-state index is 0.0599. The Labute approximate surface area is 66.5 Å². The molecule has 0 radical (unpaired) electrons. The largest absolute Gasteiger partial charge is 0.394 e. The van der Waals surface area contributed by atoms with Crippen molar-refractivity contribution in [3.05, 3.63) is 0 Å². The molecule has 0 spiro atoms. The fraction of sp³-hybridized carbons (Fsp3) is 1.00. The zero-order chi connectivity index (χ0) is 7.90. The summed E-state index contributed by atoms with van der Waals surface area (Å²) in [5.41, 5.74) is 5.53. The summed E-state index contributed by atoms with van der Waals surface area (Å²) in [4.78, 5) is 0. The van der Waals surface area contributed by atoms with E-state index in [1.165, 1.54) is 0 Å². The van der Waals surface area contributed by atoms with Crippen molar-refractivity contribution in [3.63, 3.8) is 0 Å². The van der Waals surface area contributed by atoms with Crippen LogP contribution in [0.4, 0.5) is 0 Å². The van der Waals surface area contributed by atoms with Crippen molar-refractivity contribution in [1.82, 2.24) is 0 Å². The highest BCUT2D eigenvalue weighted by atomic mass is 16.5. The summed E-state index contributed by atoms with van der Waals surface area (Å²) in [5.74, 6) is 0. The van der Waals surface area contributed by atoms with Gasteiger partial charge in [-0.2, -0.15) is 0 Å². The monoisotopic (exact) mass is 157 g/mol. The van der Waals surface area contributed by atoms with Gasteiger partial charge in [0.05, 0.1) is 24.4 Å². The predicted octanol–water partition coefficient (Wildman–Crippen LogP) is 0.0176. The Balaban J connectivity index is 2.12. The standard InChI is InChI=1S/C8H15NO2/c9-8(5-10)4-3-6-1-2-7(8)11-6/h6-7,10H,1-5,9H2. The van der Waals surface area contributed by atoms with Crippen LogP contribution in [0.1, 0.15) is 25.7 Å². The van der Waals surface area contributed by atoms with Crippen LogP contribution in [0.15, 0.2) is 0 Å². The van der Waals surface area contributed by atoms with Crippen molar-refractivity contribution in [1.29, 1.82) is 0 Å². The molecule has 0 aliphatic carbocycles. The van der Waals surface area contributed by atoms with E-state index in [1.54, 1.807) is 0 Å². The van der Waals surface area contributed by atoms with Crippen LogP contribution in [-0.2, 0) is 4.74 Å². The number of hydrogen-bond donors (Lipinski definition) is 2. The molecule has 3 nitrogen and oxygen atoms in total. The summed E-state index contributed by atoms with van der Waals surface area (Å²) < 4.78 is 5.62. The molecule has 11 heavy (non-hydrogen) atoms. The quantitative estimate of drug-likeness (QED) is 0.564. The topological polar surface area (TPSA) is 55.5 Å². The van der Waals surface area contributed by atoms with Crippen molar-refractivity contribution in [2.45, 2.75) is 43.4 Å². The Morgan fingerprint density at radius 1 is 1.45 bits per heavy atom. The lowest BCUT2D eigenvalue weighted by atomic mass is 9.88. The van der Waals surface area contributed by atoms with E-state index in [1.807, 2.05) is 0 Å². The molecular weight excluding hydrogens is 142 g/mol. The van der Waals surface area contributed by atoms with Gasteiger partial charge in [-0.25, -0.2) is 0 Å². The van der Waals surface area contributed by atoms with E-state index in [2.05, 4.69) is 0 Å². The fourth-order valence-corrected chi connectivity index (χ4v) is 2.11. The Morgan fingerprint density at radius 2 is 2.27 bits per heavy atom. The molecule has 3 heteroatoms. The Morgan fingerprint density at radius 3 is 3.00 bits per heavy atom. The van der Waals surface area contributed by atoms with Gasteiger partial charge in [0.2, 0.25) is 0 Å². The van der Waals surface area contributed by atoms with Gasteiger partial charge in [-0.3, -0.25) is 0 Å². The van der Waals surface area contributed by atoms with Gasteiger partial charge in [0.15, 0.2) is 0 Å². The number of rotatable bonds is 1. The lowest BCUT2D eigenvalue weighted by Gasteiger charge is -2.37. The smallest absolute Gasteiger partial charge is 0.0781 e. The van der Waals surface area contributed by atoms with Crippen molar-refractivity contribution < 1.29 is 9.84 Å². The van der Waals surface area contributed by atoms with Gasteiger partial charge in [-0.1, -0.05) is 0 Å².